The second-order valence-electron chi connectivity index (χ2n) is 4.94. The number of amides is 1. The Balaban J connectivity index is 1.79. The first-order valence-electron chi connectivity index (χ1n) is 6.95. The Morgan fingerprint density at radius 1 is 1.17 bits per heavy atom. The third kappa shape index (κ3) is 3.57. The Bertz CT molecular complexity index is 847. The molecule has 3 rings (SSSR count). The summed E-state index contributed by atoms with van der Waals surface area (Å²) >= 11 is 5.97. The average Bonchev–Trinajstić information content (AvgIpc) is 2.94. The van der Waals surface area contributed by atoms with Gasteiger partial charge in [0.2, 0.25) is 0 Å². The van der Waals surface area contributed by atoms with Crippen LogP contribution in [0.4, 0.5) is 10.2 Å². The standard InChI is InChI=1S/C17H13ClFN3O/c18-13-5-3-4-12(10-13)11-22-16(8-9-20-22)21-17(23)14-6-1-2-7-15(14)19/h1-10H,11H2,(H,21,23). The van der Waals surface area contributed by atoms with Gasteiger partial charge in [-0.2, -0.15) is 5.10 Å². The second kappa shape index (κ2) is 6.62. The molecule has 0 radical (unpaired) electrons. The molecule has 0 aliphatic heterocycles. The first-order chi connectivity index (χ1) is 11.1. The Morgan fingerprint density at radius 3 is 2.78 bits per heavy atom. The molecule has 0 fully saturated rings. The lowest BCUT2D eigenvalue weighted by Gasteiger charge is -2.10. The summed E-state index contributed by atoms with van der Waals surface area (Å²) in [6.45, 7) is 0.445. The van der Waals surface area contributed by atoms with E-state index in [1.54, 1.807) is 29.1 Å². The van der Waals surface area contributed by atoms with Gasteiger partial charge in [-0.05, 0) is 29.8 Å². The Hall–Kier alpha value is -2.66. The quantitative estimate of drug-likeness (QED) is 0.787. The highest BCUT2D eigenvalue weighted by Crippen LogP contribution is 2.16. The van der Waals surface area contributed by atoms with Crippen molar-refractivity contribution in [1.29, 1.82) is 0 Å². The largest absolute Gasteiger partial charge is 0.307 e. The molecule has 0 atom stereocenters. The first kappa shape index (κ1) is 15.2. The molecular formula is C17H13ClFN3O. The van der Waals surface area contributed by atoms with Gasteiger partial charge in [-0.1, -0.05) is 35.9 Å². The van der Waals surface area contributed by atoms with E-state index in [9.17, 15) is 9.18 Å². The van der Waals surface area contributed by atoms with Gasteiger partial charge in [0.15, 0.2) is 0 Å². The van der Waals surface area contributed by atoms with Crippen LogP contribution in [0, 0.1) is 5.82 Å². The van der Waals surface area contributed by atoms with Crippen molar-refractivity contribution in [2.75, 3.05) is 5.32 Å². The Kier molecular flexibility index (Phi) is 4.39. The maximum absolute atomic E-state index is 13.7. The van der Waals surface area contributed by atoms with Crippen LogP contribution >= 0.6 is 11.6 Å². The predicted octanol–water partition coefficient (Wildman–Crippen LogP) is 3.98. The summed E-state index contributed by atoms with van der Waals surface area (Å²) in [4.78, 5) is 12.2. The van der Waals surface area contributed by atoms with Gasteiger partial charge in [-0.3, -0.25) is 4.79 Å². The van der Waals surface area contributed by atoms with E-state index in [0.717, 1.165) is 5.56 Å². The lowest BCUT2D eigenvalue weighted by molar-refractivity contribution is 0.102. The summed E-state index contributed by atoms with van der Waals surface area (Å²) in [5, 5.41) is 7.48. The number of rotatable bonds is 4. The molecule has 0 saturated heterocycles. The lowest BCUT2D eigenvalue weighted by Crippen LogP contribution is -2.17. The van der Waals surface area contributed by atoms with Crippen molar-refractivity contribution in [3.8, 4) is 0 Å². The molecule has 4 nitrogen and oxygen atoms in total. The molecule has 1 heterocycles. The first-order valence-corrected chi connectivity index (χ1v) is 7.33. The smallest absolute Gasteiger partial charge is 0.259 e. The Labute approximate surface area is 137 Å². The molecule has 0 spiro atoms. The number of benzene rings is 2. The fraction of sp³-hybridized carbons (Fsp3) is 0.0588. The van der Waals surface area contributed by atoms with E-state index in [1.165, 1.54) is 18.2 Å². The van der Waals surface area contributed by atoms with Gasteiger partial charge in [0.1, 0.15) is 11.6 Å². The van der Waals surface area contributed by atoms with Crippen molar-refractivity contribution in [2.45, 2.75) is 6.54 Å². The van der Waals surface area contributed by atoms with Gasteiger partial charge in [0.05, 0.1) is 18.3 Å². The zero-order valence-electron chi connectivity index (χ0n) is 12.0. The number of hydrogen-bond acceptors (Lipinski definition) is 2. The molecule has 2 aromatic carbocycles. The number of halogens is 2. The van der Waals surface area contributed by atoms with Crippen LogP contribution in [0.25, 0.3) is 0 Å². The minimum atomic E-state index is -0.564. The van der Waals surface area contributed by atoms with Crippen LogP contribution in [0.15, 0.2) is 60.8 Å². The molecule has 1 amide bonds. The highest BCUT2D eigenvalue weighted by Gasteiger charge is 2.13. The molecule has 1 N–H and O–H groups in total. The highest BCUT2D eigenvalue weighted by atomic mass is 35.5. The normalized spacial score (nSPS) is 10.5. The van der Waals surface area contributed by atoms with E-state index in [2.05, 4.69) is 10.4 Å². The van der Waals surface area contributed by atoms with Crippen LogP contribution in [-0.2, 0) is 6.54 Å². The molecule has 6 heteroatoms. The van der Waals surface area contributed by atoms with Crippen LogP contribution in [0.1, 0.15) is 15.9 Å². The molecule has 3 aromatic rings. The molecule has 0 unspecified atom stereocenters. The van der Waals surface area contributed by atoms with Gasteiger partial charge < -0.3 is 5.32 Å². The fourth-order valence-electron chi connectivity index (χ4n) is 2.20. The van der Waals surface area contributed by atoms with Crippen LogP contribution in [0.2, 0.25) is 5.02 Å². The second-order valence-corrected chi connectivity index (χ2v) is 5.37. The molecular weight excluding hydrogens is 317 g/mol. The Morgan fingerprint density at radius 2 is 2.00 bits per heavy atom. The molecule has 1 aromatic heterocycles. The van der Waals surface area contributed by atoms with E-state index < -0.39 is 11.7 Å². The molecule has 116 valence electrons. The highest BCUT2D eigenvalue weighted by molar-refractivity contribution is 6.30. The summed E-state index contributed by atoms with van der Waals surface area (Å²) in [6.07, 6.45) is 1.57. The van der Waals surface area contributed by atoms with E-state index in [0.29, 0.717) is 17.4 Å². The topological polar surface area (TPSA) is 46.9 Å². The number of carbonyl (C=O) groups is 1. The van der Waals surface area contributed by atoms with Crippen molar-refractivity contribution in [3.63, 3.8) is 0 Å². The van der Waals surface area contributed by atoms with Gasteiger partial charge in [0, 0.05) is 11.1 Å². The average molecular weight is 330 g/mol. The summed E-state index contributed by atoms with van der Waals surface area (Å²) in [5.74, 6) is -0.597. The van der Waals surface area contributed by atoms with Crippen LogP contribution < -0.4 is 5.32 Å². The molecule has 0 aliphatic carbocycles. The van der Waals surface area contributed by atoms with Crippen molar-refractivity contribution < 1.29 is 9.18 Å². The lowest BCUT2D eigenvalue weighted by atomic mass is 10.2. The predicted molar refractivity (Wildman–Crippen MR) is 87.1 cm³/mol. The maximum Gasteiger partial charge on any atom is 0.259 e. The number of nitrogens with one attached hydrogen (secondary N) is 1. The third-order valence-corrected chi connectivity index (χ3v) is 3.53. The number of nitrogens with zero attached hydrogens (tertiary/aromatic N) is 2. The number of aromatic nitrogens is 2. The van der Waals surface area contributed by atoms with Gasteiger partial charge >= 0.3 is 0 Å². The summed E-state index contributed by atoms with van der Waals surface area (Å²) < 4.78 is 15.3. The van der Waals surface area contributed by atoms with Crippen molar-refractivity contribution in [2.24, 2.45) is 0 Å². The van der Waals surface area contributed by atoms with Crippen molar-refractivity contribution >= 4 is 23.3 Å². The molecule has 0 saturated carbocycles. The van der Waals surface area contributed by atoms with Crippen LogP contribution in [0.5, 0.6) is 0 Å². The summed E-state index contributed by atoms with van der Waals surface area (Å²) in [6, 6.07) is 14.9. The monoisotopic (exact) mass is 329 g/mol. The molecule has 0 aliphatic rings. The third-order valence-electron chi connectivity index (χ3n) is 3.30. The van der Waals surface area contributed by atoms with Crippen molar-refractivity contribution in [1.82, 2.24) is 9.78 Å². The van der Waals surface area contributed by atoms with Crippen LogP contribution in [0.3, 0.4) is 0 Å². The molecule has 23 heavy (non-hydrogen) atoms. The van der Waals surface area contributed by atoms with Gasteiger partial charge in [-0.15, -0.1) is 0 Å². The van der Waals surface area contributed by atoms with Crippen LogP contribution in [-0.4, -0.2) is 15.7 Å². The fourth-order valence-corrected chi connectivity index (χ4v) is 2.41. The minimum absolute atomic E-state index is 0.0111. The van der Waals surface area contributed by atoms with E-state index in [1.807, 2.05) is 18.2 Å². The van der Waals surface area contributed by atoms with Gasteiger partial charge in [0.25, 0.3) is 5.91 Å². The SMILES string of the molecule is O=C(Nc1ccnn1Cc1cccc(Cl)c1)c1ccccc1F. The maximum atomic E-state index is 13.7. The van der Waals surface area contributed by atoms with E-state index >= 15 is 0 Å². The zero-order chi connectivity index (χ0) is 16.2. The molecule has 0 bridgehead atoms. The summed E-state index contributed by atoms with van der Waals surface area (Å²) in [5.41, 5.74) is 0.936. The zero-order valence-corrected chi connectivity index (χ0v) is 12.8. The summed E-state index contributed by atoms with van der Waals surface area (Å²) in [7, 11) is 0. The number of carbonyl (C=O) groups excluding carboxylic acids is 1. The van der Waals surface area contributed by atoms with E-state index in [4.69, 9.17) is 11.6 Å². The van der Waals surface area contributed by atoms with E-state index in [-0.39, 0.29) is 5.56 Å². The van der Waals surface area contributed by atoms with Gasteiger partial charge in [-0.25, -0.2) is 9.07 Å². The number of anilines is 1. The van der Waals surface area contributed by atoms with Crippen molar-refractivity contribution in [3.05, 3.63) is 82.8 Å². The minimum Gasteiger partial charge on any atom is -0.307 e. The number of hydrogen-bond donors (Lipinski definition) is 1.